The lowest BCUT2D eigenvalue weighted by Crippen LogP contribution is -2.46. The van der Waals surface area contributed by atoms with E-state index in [1.165, 1.54) is 141 Å². The van der Waals surface area contributed by atoms with Crippen LogP contribution in [0, 0.1) is 13.2 Å². The van der Waals surface area contributed by atoms with Gasteiger partial charge in [-0.1, -0.05) is 127 Å². The molecule has 1 N–H and O–H groups in total. The predicted octanol–water partition coefficient (Wildman–Crippen LogP) is 23.3. The molecule has 128 heavy (non-hydrogen) atoms. The minimum absolute atomic E-state index is 0.00631. The number of carbonyl (C=O) groups is 1. The fourth-order valence-corrected chi connectivity index (χ4v) is 26.9. The molecule has 0 saturated heterocycles. The molecule has 37 heteroatoms. The Hall–Kier alpha value is -10.0. The van der Waals surface area contributed by atoms with Gasteiger partial charge in [0, 0.05) is 39.3 Å². The number of ether oxygens (including phenoxy) is 5. The number of methoxy groups -OCH3 is 5. The van der Waals surface area contributed by atoms with Crippen LogP contribution in [0.15, 0.2) is 302 Å². The van der Waals surface area contributed by atoms with Gasteiger partial charge in [0.2, 0.25) is 6.30 Å². The second kappa shape index (κ2) is 37.1. The number of benzene rings is 10. The van der Waals surface area contributed by atoms with Gasteiger partial charge in [0.1, 0.15) is 34.3 Å². The quantitative estimate of drug-likeness (QED) is 0.0783. The number of aromatic amines is 1. The van der Waals surface area contributed by atoms with Crippen molar-refractivity contribution in [3.63, 3.8) is 0 Å². The Balaban J connectivity index is 0.000000118. The number of nitrogens with zero attached hydrogens (tertiary/aromatic N) is 5. The Morgan fingerprint density at radius 3 is 1.48 bits per heavy atom. The van der Waals surface area contributed by atoms with E-state index in [2.05, 4.69) is 97.0 Å². The maximum absolute atomic E-state index is 15.4. The molecule has 16 aromatic rings. The van der Waals surface area contributed by atoms with E-state index in [1.807, 2.05) is 100 Å². The molecule has 0 bridgehead atoms. The maximum atomic E-state index is 15.4. The first-order valence-electron chi connectivity index (χ1n) is 38.1. The summed E-state index contributed by atoms with van der Waals surface area (Å²) in [6.45, 7) is 0.909. The Morgan fingerprint density at radius 2 is 0.914 bits per heavy atom. The fraction of sp³-hybridized carbons (Fsp3) is 0.0989. The fourth-order valence-electron chi connectivity index (χ4n) is 14.9. The molecule has 654 valence electrons. The molecule has 1 amide bonds. The van der Waals surface area contributed by atoms with E-state index in [0.717, 1.165) is 64.9 Å². The van der Waals surface area contributed by atoms with E-state index >= 15 is 13.2 Å². The monoisotopic (exact) mass is 2320 g/mol. The van der Waals surface area contributed by atoms with Gasteiger partial charge < -0.3 is 38.0 Å². The van der Waals surface area contributed by atoms with Crippen molar-refractivity contribution in [3.8, 4) is 71.3 Å². The Labute approximate surface area is 804 Å². The Kier molecular flexibility index (Phi) is 26.5. The number of amides is 1. The van der Waals surface area contributed by atoms with Gasteiger partial charge in [-0.15, -0.1) is 34.0 Å². The highest BCUT2D eigenvalue weighted by Gasteiger charge is 2.53. The van der Waals surface area contributed by atoms with Gasteiger partial charge in [-0.25, -0.2) is 42.4 Å². The smallest absolute Gasteiger partial charge is 0.366 e. The number of carbonyl (C=O) groups excluding carboxylic acids is 1. The van der Waals surface area contributed by atoms with Crippen LogP contribution in [0.3, 0.4) is 0 Å². The van der Waals surface area contributed by atoms with Crippen LogP contribution in [0.4, 0.5) is 35.9 Å². The second-order valence-electron chi connectivity index (χ2n) is 28.3. The number of nitrogens with one attached hydrogen (secondary N) is 1. The summed E-state index contributed by atoms with van der Waals surface area (Å²) < 4.78 is 190. The highest BCUT2D eigenvalue weighted by molar-refractivity contribution is 14.1. The molecule has 4 aliphatic rings. The zero-order valence-electron chi connectivity index (χ0n) is 67.1. The van der Waals surface area contributed by atoms with Gasteiger partial charge in [-0.2, -0.15) is 17.1 Å². The van der Waals surface area contributed by atoms with Crippen LogP contribution < -0.4 is 47.1 Å². The van der Waals surface area contributed by atoms with Crippen LogP contribution in [0.1, 0.15) is 38.9 Å². The van der Waals surface area contributed by atoms with E-state index in [4.69, 9.17) is 39.7 Å². The van der Waals surface area contributed by atoms with Crippen molar-refractivity contribution in [2.24, 2.45) is 0 Å². The van der Waals surface area contributed by atoms with Gasteiger partial charge in [-0.3, -0.25) is 13.9 Å². The first kappa shape index (κ1) is 91.3. The number of halogens is 8. The van der Waals surface area contributed by atoms with Crippen molar-refractivity contribution in [2.45, 2.75) is 45.0 Å². The second-order valence-corrected chi connectivity index (χ2v) is 45.3. The lowest BCUT2D eigenvalue weighted by molar-refractivity contribution is 0.00905. The van der Waals surface area contributed by atoms with Crippen LogP contribution in [0.2, 0.25) is 4.34 Å². The largest absolute Gasteiger partial charge is 0.497 e. The number of furan rings is 1. The van der Waals surface area contributed by atoms with Crippen LogP contribution >= 0.6 is 136 Å². The van der Waals surface area contributed by atoms with E-state index in [0.29, 0.717) is 78.2 Å². The molecule has 0 unspecified atom stereocenters. The molecular formula is C91H66ClF3I4N6O16S7. The molecule has 0 aliphatic carbocycles. The van der Waals surface area contributed by atoms with Crippen LogP contribution in [-0.4, -0.2) is 84.1 Å². The summed E-state index contributed by atoms with van der Waals surface area (Å²) >= 11 is 18.9. The third kappa shape index (κ3) is 17.4. The van der Waals surface area contributed by atoms with Gasteiger partial charge in [-0.05, 0) is 259 Å². The summed E-state index contributed by atoms with van der Waals surface area (Å²) in [7, 11) is -8.82. The highest BCUT2D eigenvalue weighted by atomic mass is 127. The summed E-state index contributed by atoms with van der Waals surface area (Å²) in [4.78, 5) is 33.5. The topological polar surface area (TPSA) is 264 Å². The minimum atomic E-state index is -4.56. The molecule has 0 fully saturated rings. The Morgan fingerprint density at radius 1 is 0.469 bits per heavy atom. The van der Waals surface area contributed by atoms with Crippen LogP contribution in [-0.2, 0) is 59.2 Å². The highest BCUT2D eigenvalue weighted by Crippen LogP contribution is 2.57. The number of alkyl halides is 3. The van der Waals surface area contributed by atoms with Crippen molar-refractivity contribution >= 4 is 227 Å². The van der Waals surface area contributed by atoms with Crippen molar-refractivity contribution < 1.29 is 79.7 Å². The first-order valence-corrected chi connectivity index (χ1v) is 51.0. The lowest BCUT2D eigenvalue weighted by Gasteiger charge is -2.36. The van der Waals surface area contributed by atoms with Gasteiger partial charge in [0.25, 0.3) is 51.6 Å². The van der Waals surface area contributed by atoms with Crippen molar-refractivity contribution in [2.75, 3.05) is 53.4 Å². The number of H-pyrrole nitrogens is 1. The SMILES string of the molecule is COc1ccc(C(=O)N2Cc3ccccc3-c3sc(I)cc32)cc1.COc1ccc(S(=O)(=O)N2Cc3ccccc3-c3[nH]c(I)cc32)cc1.COc1ccc(S(=O)(=O)N2c3cc(Cl)sc3-c3ccccc3C2(F)F)cc1.COc1ccc(S(=O)(=O)N2c3cc(I)sc3-c3ccccc3[C@H]2F)cc1.COc1ccc(S(=O)(=O)n2c(=O)c3ccccc3c3oc(I)cc32)cc1. The van der Waals surface area contributed by atoms with Crippen LogP contribution in [0.25, 0.3) is 64.5 Å². The van der Waals surface area contributed by atoms with E-state index in [1.54, 1.807) is 117 Å². The van der Waals surface area contributed by atoms with Crippen molar-refractivity contribution in [3.05, 3.63) is 329 Å². The average molecular weight is 2320 g/mol. The molecule has 1 atom stereocenters. The van der Waals surface area contributed by atoms with Crippen molar-refractivity contribution in [1.29, 1.82) is 0 Å². The lowest BCUT2D eigenvalue weighted by atomic mass is 9.99. The molecule has 22 nitrogen and oxygen atoms in total. The van der Waals surface area contributed by atoms with Gasteiger partial charge >= 0.3 is 6.05 Å². The molecule has 0 saturated carbocycles. The standard InChI is InChI=1S/C19H14INO2S.C18H12ClF2NO3S2.C18H13FINO3S2.C18H15IN2O3S.C18H12INO5S/c1-23-14-8-6-12(7-9-14)19(22)21-11-13-4-2-3-5-15(13)18-16(21)10-17(20)24-18;1-25-11-6-8-12(9-7-11)27(23,24)22-15-10-16(19)26-17(15)13-4-2-3-5-14(13)18(22,20)21;1-24-11-6-8-12(9-7-11)26(22,23)21-15-10-16(20)25-17(15)13-4-2-3-5-14(13)18(21)19;1-24-13-6-8-14(9-7-13)25(22,23)21-11-12-4-2-3-5-15(12)18-16(21)10-17(19)20-18;1-24-11-6-8-12(9-7-11)26(22,23)20-15-10-16(19)25-17(15)13-4-2-3-5-14(13)18(20)21/h2-10H,11H2,1H3;2-10H,1H3;2-10,18H,1H3;2-10,20H,11H2,1H3;2-10H,1H3/t;;18-;;/m..0../s1. The average Bonchev–Trinajstić information content (AvgIpc) is 1.44. The molecule has 10 heterocycles. The van der Waals surface area contributed by atoms with Crippen molar-refractivity contribution in [1.82, 2.24) is 8.96 Å². The number of aromatic nitrogens is 2. The van der Waals surface area contributed by atoms with Gasteiger partial charge in [0.15, 0.2) is 9.35 Å². The zero-order chi connectivity index (χ0) is 90.6. The maximum Gasteiger partial charge on any atom is 0.366 e. The molecule has 0 spiro atoms. The van der Waals surface area contributed by atoms with E-state index in [9.17, 15) is 43.3 Å². The number of fused-ring (bicyclic) bond motifs is 15. The number of hydrogen-bond donors (Lipinski definition) is 1. The number of anilines is 4. The normalized spacial score (nSPS) is 13.8. The molecule has 20 rings (SSSR count). The first-order chi connectivity index (χ1) is 61.3. The summed E-state index contributed by atoms with van der Waals surface area (Å²) in [5.74, 6) is 2.88. The molecule has 10 aromatic carbocycles. The molecule has 4 aliphatic heterocycles. The molecule has 6 aromatic heterocycles. The van der Waals surface area contributed by atoms with Gasteiger partial charge in [0.05, 0.1) is 136 Å². The third-order valence-corrected chi connectivity index (χ3v) is 34.2. The predicted molar refractivity (Wildman–Crippen MR) is 528 cm³/mol. The third-order valence-electron chi connectivity index (χ3n) is 21.0. The number of rotatable bonds is 14. The number of thiophene rings is 3. The van der Waals surface area contributed by atoms with Crippen LogP contribution in [0.5, 0.6) is 28.7 Å². The van der Waals surface area contributed by atoms with E-state index in [-0.39, 0.29) is 61.8 Å². The summed E-state index contributed by atoms with van der Waals surface area (Å²) in [5.41, 5.74) is 8.83. The summed E-state index contributed by atoms with van der Waals surface area (Å²) in [6, 6.07) is 71.4. The number of pyridine rings is 1. The minimum Gasteiger partial charge on any atom is -0.497 e. The molecular weight excluding hydrogens is 2260 g/mol. The summed E-state index contributed by atoms with van der Waals surface area (Å²) in [5, 5.41) is 0.861. The zero-order valence-corrected chi connectivity index (χ0v) is 82.2. The summed E-state index contributed by atoms with van der Waals surface area (Å²) in [6.07, 6.45) is -1.78. The number of hydrogen-bond acceptors (Lipinski definition) is 19. The molecule has 0 radical (unpaired) electrons. The Bertz CT molecular complexity index is 7540. The van der Waals surface area contributed by atoms with E-state index < -0.39 is 58.0 Å². The number of sulfonamides is 3.